The van der Waals surface area contributed by atoms with E-state index < -0.39 is 17.8 Å². The number of ether oxygens (including phenoxy) is 1. The molecule has 1 saturated heterocycles. The Morgan fingerprint density at radius 1 is 1.79 bits per heavy atom. The molecule has 0 aromatic carbocycles. The van der Waals surface area contributed by atoms with Gasteiger partial charge in [-0.2, -0.15) is 4.98 Å². The maximum atomic E-state index is 11.8. The Balaban J connectivity index is 2.36. The molecule has 19 heavy (non-hydrogen) atoms. The third-order valence-electron chi connectivity index (χ3n) is 2.65. The molecule has 1 aliphatic rings. The van der Waals surface area contributed by atoms with Gasteiger partial charge in [-0.15, -0.1) is 11.8 Å². The predicted octanol–water partition coefficient (Wildman–Crippen LogP) is -1.23. The van der Waals surface area contributed by atoms with Gasteiger partial charge in [0.1, 0.15) is 17.5 Å². The largest absolute Gasteiger partial charge is 0.393 e. The van der Waals surface area contributed by atoms with Crippen LogP contribution in [-0.2, 0) is 4.74 Å². The molecular formula is C10H14N4O4S. The number of amides is 1. The Labute approximate surface area is 113 Å². The van der Waals surface area contributed by atoms with Crippen molar-refractivity contribution in [2.75, 3.05) is 25.1 Å². The minimum atomic E-state index is -0.589. The van der Waals surface area contributed by atoms with Crippen molar-refractivity contribution in [1.29, 1.82) is 0 Å². The van der Waals surface area contributed by atoms with E-state index in [1.54, 1.807) is 0 Å². The van der Waals surface area contributed by atoms with Crippen molar-refractivity contribution in [2.45, 2.75) is 11.7 Å². The highest BCUT2D eigenvalue weighted by molar-refractivity contribution is 8.00. The van der Waals surface area contributed by atoms with Gasteiger partial charge in [0.05, 0.1) is 12.2 Å². The number of carbonyl (C=O) groups excluding carboxylic acids is 1. The minimum Gasteiger partial charge on any atom is -0.393 e. The van der Waals surface area contributed by atoms with Crippen LogP contribution in [0.15, 0.2) is 11.0 Å². The van der Waals surface area contributed by atoms with E-state index in [4.69, 9.17) is 15.6 Å². The SMILES string of the molecule is CNC(=O)c1cn([C@H]2CS[C@@H](CO)O2)c(=O)nc1N. The number of anilines is 1. The molecule has 0 unspecified atom stereocenters. The first kappa shape index (κ1) is 13.8. The first-order valence-corrected chi connectivity index (χ1v) is 6.60. The van der Waals surface area contributed by atoms with Gasteiger partial charge in [-0.3, -0.25) is 9.36 Å². The minimum absolute atomic E-state index is 0.114. The van der Waals surface area contributed by atoms with Gasteiger partial charge in [-0.1, -0.05) is 0 Å². The molecule has 104 valence electrons. The van der Waals surface area contributed by atoms with Crippen LogP contribution in [0.25, 0.3) is 0 Å². The lowest BCUT2D eigenvalue weighted by molar-refractivity contribution is -0.00638. The standard InChI is InChI=1S/C10H14N4O4S/c1-12-9(16)5-2-14(10(17)13-8(5)11)6-4-19-7(3-15)18-6/h2,6-7,15H,3-4H2,1H3,(H,12,16)(H2,11,13,17)/t6-,7+/m1/s1. The number of rotatable bonds is 3. The van der Waals surface area contributed by atoms with Gasteiger partial charge in [0.2, 0.25) is 0 Å². The topological polar surface area (TPSA) is 119 Å². The maximum absolute atomic E-state index is 11.8. The van der Waals surface area contributed by atoms with Gasteiger partial charge in [0.25, 0.3) is 5.91 Å². The van der Waals surface area contributed by atoms with E-state index in [-0.39, 0.29) is 23.4 Å². The molecule has 0 aliphatic carbocycles. The average molecular weight is 286 g/mol. The zero-order valence-corrected chi connectivity index (χ0v) is 11.0. The van der Waals surface area contributed by atoms with E-state index in [1.165, 1.54) is 29.6 Å². The highest BCUT2D eigenvalue weighted by Gasteiger charge is 2.28. The lowest BCUT2D eigenvalue weighted by Crippen LogP contribution is -2.32. The number of aliphatic hydroxyl groups excluding tert-OH is 1. The fourth-order valence-corrected chi connectivity index (χ4v) is 2.61. The first-order valence-electron chi connectivity index (χ1n) is 5.55. The summed E-state index contributed by atoms with van der Waals surface area (Å²) >= 11 is 1.39. The van der Waals surface area contributed by atoms with E-state index in [0.29, 0.717) is 5.75 Å². The number of hydrogen-bond donors (Lipinski definition) is 3. The molecule has 1 aromatic heterocycles. The van der Waals surface area contributed by atoms with Crippen molar-refractivity contribution in [1.82, 2.24) is 14.9 Å². The van der Waals surface area contributed by atoms with Gasteiger partial charge in [-0.05, 0) is 0 Å². The summed E-state index contributed by atoms with van der Waals surface area (Å²) in [6.07, 6.45) is 0.764. The van der Waals surface area contributed by atoms with Crippen molar-refractivity contribution in [3.05, 3.63) is 22.2 Å². The summed E-state index contributed by atoms with van der Waals surface area (Å²) in [5.74, 6) is -0.0581. The molecule has 1 fully saturated rings. The summed E-state index contributed by atoms with van der Waals surface area (Å²) < 4.78 is 6.66. The molecule has 4 N–H and O–H groups in total. The smallest absolute Gasteiger partial charge is 0.351 e. The normalized spacial score (nSPS) is 22.4. The molecule has 0 radical (unpaired) electrons. The second-order valence-corrected chi connectivity index (χ2v) is 5.04. The Morgan fingerprint density at radius 2 is 2.53 bits per heavy atom. The van der Waals surface area contributed by atoms with Gasteiger partial charge in [0.15, 0.2) is 0 Å². The van der Waals surface area contributed by atoms with E-state index in [1.807, 2.05) is 0 Å². The first-order chi connectivity index (χ1) is 9.06. The monoisotopic (exact) mass is 286 g/mol. The third-order valence-corrected chi connectivity index (χ3v) is 3.76. The summed E-state index contributed by atoms with van der Waals surface area (Å²) in [6.45, 7) is -0.138. The molecule has 8 nitrogen and oxygen atoms in total. The molecule has 1 aliphatic heterocycles. The zero-order chi connectivity index (χ0) is 14.0. The van der Waals surface area contributed by atoms with Crippen LogP contribution < -0.4 is 16.7 Å². The molecule has 0 bridgehead atoms. The Kier molecular flexibility index (Phi) is 4.08. The van der Waals surface area contributed by atoms with Gasteiger partial charge in [-0.25, -0.2) is 4.79 Å². The van der Waals surface area contributed by atoms with Crippen molar-refractivity contribution >= 4 is 23.5 Å². The van der Waals surface area contributed by atoms with E-state index in [2.05, 4.69) is 10.3 Å². The lowest BCUT2D eigenvalue weighted by atomic mass is 10.3. The second-order valence-electron chi connectivity index (χ2n) is 3.84. The van der Waals surface area contributed by atoms with Gasteiger partial charge >= 0.3 is 5.69 Å². The number of nitrogens with zero attached hydrogens (tertiary/aromatic N) is 2. The van der Waals surface area contributed by atoms with Gasteiger partial charge in [0, 0.05) is 19.0 Å². The molecule has 2 heterocycles. The number of nitrogen functional groups attached to an aromatic ring is 1. The number of carbonyl (C=O) groups is 1. The summed E-state index contributed by atoms with van der Waals surface area (Å²) in [5.41, 5.74) is 4.70. The fraction of sp³-hybridized carbons (Fsp3) is 0.500. The molecule has 2 atom stereocenters. The molecule has 1 amide bonds. The predicted molar refractivity (Wildman–Crippen MR) is 69.8 cm³/mol. The number of thioether (sulfide) groups is 1. The van der Waals surface area contributed by atoms with Crippen LogP contribution in [0.2, 0.25) is 0 Å². The summed E-state index contributed by atoms with van der Waals surface area (Å²) in [7, 11) is 1.46. The Bertz CT molecular complexity index is 547. The number of nitrogens with one attached hydrogen (secondary N) is 1. The number of aromatic nitrogens is 2. The van der Waals surface area contributed by atoms with Crippen LogP contribution in [0, 0.1) is 0 Å². The Morgan fingerprint density at radius 3 is 3.11 bits per heavy atom. The maximum Gasteiger partial charge on any atom is 0.351 e. The highest BCUT2D eigenvalue weighted by atomic mass is 32.2. The highest BCUT2D eigenvalue weighted by Crippen LogP contribution is 2.30. The van der Waals surface area contributed by atoms with E-state index in [0.717, 1.165) is 0 Å². The van der Waals surface area contributed by atoms with Crippen molar-refractivity contribution in [2.24, 2.45) is 0 Å². The third kappa shape index (κ3) is 2.72. The molecular weight excluding hydrogens is 272 g/mol. The number of nitrogens with two attached hydrogens (primary N) is 1. The summed E-state index contributed by atoms with van der Waals surface area (Å²) in [5, 5.41) is 11.4. The van der Waals surface area contributed by atoms with Crippen LogP contribution in [0.1, 0.15) is 16.6 Å². The molecule has 0 saturated carbocycles. The number of hydrogen-bond acceptors (Lipinski definition) is 7. The molecule has 2 rings (SSSR count). The molecule has 0 spiro atoms. The quantitative estimate of drug-likeness (QED) is 0.636. The summed E-state index contributed by atoms with van der Waals surface area (Å²) in [4.78, 5) is 27.0. The zero-order valence-electron chi connectivity index (χ0n) is 10.2. The van der Waals surface area contributed by atoms with Crippen LogP contribution in [-0.4, -0.2) is 45.4 Å². The lowest BCUT2D eigenvalue weighted by Gasteiger charge is -2.15. The van der Waals surface area contributed by atoms with Crippen molar-refractivity contribution in [3.8, 4) is 0 Å². The van der Waals surface area contributed by atoms with E-state index >= 15 is 0 Å². The average Bonchev–Trinajstić information content (AvgIpc) is 2.86. The van der Waals surface area contributed by atoms with Crippen LogP contribution >= 0.6 is 11.8 Å². The van der Waals surface area contributed by atoms with Crippen LogP contribution in [0.3, 0.4) is 0 Å². The second kappa shape index (κ2) is 5.59. The molecule has 9 heteroatoms. The molecule has 1 aromatic rings. The van der Waals surface area contributed by atoms with Crippen molar-refractivity contribution in [3.63, 3.8) is 0 Å². The fourth-order valence-electron chi connectivity index (χ4n) is 1.68. The van der Waals surface area contributed by atoms with Crippen LogP contribution in [0.5, 0.6) is 0 Å². The van der Waals surface area contributed by atoms with Crippen LogP contribution in [0.4, 0.5) is 5.82 Å². The Hall–Kier alpha value is -1.58. The summed E-state index contributed by atoms with van der Waals surface area (Å²) in [6, 6.07) is 0. The number of aliphatic hydroxyl groups is 1. The van der Waals surface area contributed by atoms with Gasteiger partial charge < -0.3 is 20.9 Å². The van der Waals surface area contributed by atoms with E-state index in [9.17, 15) is 9.59 Å². The van der Waals surface area contributed by atoms with Crippen molar-refractivity contribution < 1.29 is 14.6 Å².